The molecule has 0 bridgehead atoms. The van der Waals surface area contributed by atoms with Crippen LogP contribution < -0.4 is 16.0 Å². The third-order valence-corrected chi connectivity index (χ3v) is 8.79. The van der Waals surface area contributed by atoms with Crippen molar-refractivity contribution in [3.05, 3.63) is 126 Å². The highest BCUT2D eigenvalue weighted by atomic mass is 19.4. The second kappa shape index (κ2) is 14.7. The maximum absolute atomic E-state index is 13.8. The summed E-state index contributed by atoms with van der Waals surface area (Å²) < 4.78 is 50.7. The Labute approximate surface area is 282 Å². The minimum atomic E-state index is -4.41. The quantitative estimate of drug-likeness (QED) is 0.153. The minimum Gasteiger partial charge on any atom is -0.452 e. The van der Waals surface area contributed by atoms with Gasteiger partial charge in [0.1, 0.15) is 0 Å². The summed E-state index contributed by atoms with van der Waals surface area (Å²) in [5, 5.41) is 3.91. The molecule has 1 saturated heterocycles. The Bertz CT molecular complexity index is 1920. The van der Waals surface area contributed by atoms with Gasteiger partial charge in [-0.3, -0.25) is 4.79 Å². The maximum Gasteiger partial charge on any atom is 0.420 e. The van der Waals surface area contributed by atoms with E-state index >= 15 is 0 Å². The SMILES string of the molecule is COC(=O)N(C(=O)[C@@H](N)Cc1cccc(-c2ccccc2)c1)c1ccccc1CC[C@@H]1CN[C@H](c2cc3cc(C(F)(F)F)ccc3[nH]2)CO1. The maximum atomic E-state index is 13.8. The van der Waals surface area contributed by atoms with Gasteiger partial charge in [0.2, 0.25) is 0 Å². The predicted octanol–water partition coefficient (Wildman–Crippen LogP) is 7.19. The first-order valence-corrected chi connectivity index (χ1v) is 16.1. The van der Waals surface area contributed by atoms with Crippen molar-refractivity contribution in [2.75, 3.05) is 25.2 Å². The number of aromatic nitrogens is 1. The molecule has 0 saturated carbocycles. The van der Waals surface area contributed by atoms with Gasteiger partial charge in [0.15, 0.2) is 0 Å². The smallest absolute Gasteiger partial charge is 0.420 e. The zero-order valence-electron chi connectivity index (χ0n) is 26.9. The van der Waals surface area contributed by atoms with Crippen molar-refractivity contribution >= 4 is 28.6 Å². The van der Waals surface area contributed by atoms with E-state index in [2.05, 4.69) is 10.3 Å². The molecule has 1 fully saturated rings. The van der Waals surface area contributed by atoms with Crippen LogP contribution in [-0.4, -0.2) is 49.4 Å². The molecule has 3 atom stereocenters. The van der Waals surface area contributed by atoms with Gasteiger partial charge in [-0.2, -0.15) is 13.2 Å². The van der Waals surface area contributed by atoms with Gasteiger partial charge in [-0.05, 0) is 71.8 Å². The molecule has 0 spiro atoms. The number of nitrogens with two attached hydrogens (primary N) is 1. The van der Waals surface area contributed by atoms with Crippen LogP contribution in [0.25, 0.3) is 22.0 Å². The lowest BCUT2D eigenvalue weighted by Crippen LogP contribution is -2.48. The Morgan fingerprint density at radius 3 is 2.45 bits per heavy atom. The molecular formula is C38H37F3N4O4. The number of ether oxygens (including phenoxy) is 2. The molecule has 49 heavy (non-hydrogen) atoms. The Morgan fingerprint density at radius 1 is 0.959 bits per heavy atom. The van der Waals surface area contributed by atoms with Crippen molar-refractivity contribution in [2.24, 2.45) is 5.73 Å². The Balaban J connectivity index is 1.10. The number of morpholine rings is 1. The van der Waals surface area contributed by atoms with E-state index in [0.717, 1.165) is 45.0 Å². The number of imide groups is 1. The van der Waals surface area contributed by atoms with Crippen LogP contribution in [-0.2, 0) is 33.3 Å². The number of hydrogen-bond donors (Lipinski definition) is 3. The van der Waals surface area contributed by atoms with Crippen LogP contribution in [0.1, 0.15) is 34.8 Å². The number of anilines is 1. The molecule has 0 radical (unpaired) electrons. The summed E-state index contributed by atoms with van der Waals surface area (Å²) in [7, 11) is 1.22. The van der Waals surface area contributed by atoms with E-state index in [1.54, 1.807) is 18.2 Å². The van der Waals surface area contributed by atoms with Crippen molar-refractivity contribution in [1.29, 1.82) is 0 Å². The van der Waals surface area contributed by atoms with Gasteiger partial charge in [-0.1, -0.05) is 72.8 Å². The van der Waals surface area contributed by atoms with Crippen molar-refractivity contribution in [3.63, 3.8) is 0 Å². The van der Waals surface area contributed by atoms with Crippen molar-refractivity contribution in [3.8, 4) is 11.1 Å². The van der Waals surface area contributed by atoms with Gasteiger partial charge in [-0.25, -0.2) is 9.69 Å². The number of H-pyrrole nitrogens is 1. The zero-order valence-corrected chi connectivity index (χ0v) is 26.9. The number of para-hydroxylation sites is 1. The van der Waals surface area contributed by atoms with E-state index in [9.17, 15) is 22.8 Å². The summed E-state index contributed by atoms with van der Waals surface area (Å²) in [6, 6.07) is 29.0. The fourth-order valence-corrected chi connectivity index (χ4v) is 6.20. The lowest BCUT2D eigenvalue weighted by atomic mass is 9.98. The van der Waals surface area contributed by atoms with E-state index in [4.69, 9.17) is 15.2 Å². The summed E-state index contributed by atoms with van der Waals surface area (Å²) in [6.45, 7) is 0.820. The number of halogens is 3. The third kappa shape index (κ3) is 7.86. The van der Waals surface area contributed by atoms with Crippen LogP contribution in [0.3, 0.4) is 0 Å². The summed E-state index contributed by atoms with van der Waals surface area (Å²) in [4.78, 5) is 31.0. The standard InChI is InChI=1S/C38H37F3N4O4/c1-48-37(47)45(36(46)31(42)19-24-8-7-12-27(18-24)25-9-3-2-4-10-25)35-13-6-5-11-26(35)14-16-30-22-43-34(23-49-30)33-21-28-20-29(38(39,40)41)15-17-32(28)44-33/h2-13,15,17-18,20-21,30-31,34,43-44H,14,16,19,22-23,42H2,1H3/t30-,31+,34+/m1/s1. The van der Waals surface area contributed by atoms with Crippen molar-refractivity contribution in [1.82, 2.24) is 10.3 Å². The fourth-order valence-electron chi connectivity index (χ4n) is 6.20. The number of aromatic amines is 1. The first kappa shape index (κ1) is 33.9. The van der Waals surface area contributed by atoms with Gasteiger partial charge >= 0.3 is 12.3 Å². The highest BCUT2D eigenvalue weighted by molar-refractivity contribution is 6.14. The topological polar surface area (TPSA) is 110 Å². The third-order valence-electron chi connectivity index (χ3n) is 8.79. The molecule has 8 nitrogen and oxygen atoms in total. The number of aryl methyl sites for hydroxylation is 1. The highest BCUT2D eigenvalue weighted by Gasteiger charge is 2.32. The molecule has 4 aromatic carbocycles. The first-order chi connectivity index (χ1) is 23.6. The largest absolute Gasteiger partial charge is 0.452 e. The molecule has 0 unspecified atom stereocenters. The van der Waals surface area contributed by atoms with Gasteiger partial charge < -0.3 is 25.5 Å². The molecule has 11 heteroatoms. The van der Waals surface area contributed by atoms with Crippen LogP contribution in [0.5, 0.6) is 0 Å². The van der Waals surface area contributed by atoms with Crippen LogP contribution >= 0.6 is 0 Å². The van der Waals surface area contributed by atoms with Gasteiger partial charge in [-0.15, -0.1) is 0 Å². The summed E-state index contributed by atoms with van der Waals surface area (Å²) in [6.07, 6.45) is -4.12. The van der Waals surface area contributed by atoms with E-state index in [-0.39, 0.29) is 18.6 Å². The molecule has 254 valence electrons. The number of hydrogen-bond acceptors (Lipinski definition) is 6. The Hall–Kier alpha value is -4.97. The predicted molar refractivity (Wildman–Crippen MR) is 182 cm³/mol. The van der Waals surface area contributed by atoms with Crippen molar-refractivity contribution < 1.29 is 32.2 Å². The number of alkyl halides is 3. The molecule has 0 aliphatic carbocycles. The molecule has 1 aliphatic heterocycles. The number of nitrogens with zero attached hydrogens (tertiary/aromatic N) is 1. The highest BCUT2D eigenvalue weighted by Crippen LogP contribution is 2.33. The summed E-state index contributed by atoms with van der Waals surface area (Å²) in [5.74, 6) is -0.580. The van der Waals surface area contributed by atoms with E-state index in [0.29, 0.717) is 42.6 Å². The van der Waals surface area contributed by atoms with Gasteiger partial charge in [0.25, 0.3) is 5.91 Å². The van der Waals surface area contributed by atoms with Crippen molar-refractivity contribution in [2.45, 2.75) is 43.6 Å². The number of carbonyl (C=O) groups excluding carboxylic acids is 2. The van der Waals surface area contributed by atoms with Crippen LogP contribution in [0.2, 0.25) is 0 Å². The lowest BCUT2D eigenvalue weighted by Gasteiger charge is -2.30. The molecular weight excluding hydrogens is 633 g/mol. The number of nitrogens with one attached hydrogen (secondary N) is 2. The Kier molecular flexibility index (Phi) is 10.1. The normalized spacial score (nSPS) is 17.1. The van der Waals surface area contributed by atoms with Gasteiger partial charge in [0, 0.05) is 23.1 Å². The van der Waals surface area contributed by atoms with Crippen LogP contribution in [0.15, 0.2) is 103 Å². The van der Waals surface area contributed by atoms with E-state index in [1.165, 1.54) is 13.2 Å². The average molecular weight is 671 g/mol. The Morgan fingerprint density at radius 2 is 1.71 bits per heavy atom. The second-order valence-electron chi connectivity index (χ2n) is 12.1. The number of fused-ring (bicyclic) bond motifs is 1. The average Bonchev–Trinajstić information content (AvgIpc) is 3.55. The molecule has 4 N–H and O–H groups in total. The number of rotatable bonds is 9. The molecule has 1 aromatic heterocycles. The van der Waals surface area contributed by atoms with E-state index in [1.807, 2.05) is 66.7 Å². The van der Waals surface area contributed by atoms with Crippen LogP contribution in [0, 0.1) is 0 Å². The number of methoxy groups -OCH3 is 1. The minimum absolute atomic E-state index is 0.174. The monoisotopic (exact) mass is 670 g/mol. The summed E-state index contributed by atoms with van der Waals surface area (Å²) in [5.41, 5.74) is 11.2. The number of benzene rings is 4. The number of carbonyl (C=O) groups is 2. The molecule has 2 heterocycles. The molecule has 2 amide bonds. The summed E-state index contributed by atoms with van der Waals surface area (Å²) >= 11 is 0. The molecule has 1 aliphatic rings. The van der Waals surface area contributed by atoms with Gasteiger partial charge in [0.05, 0.1) is 43.2 Å². The number of amides is 2. The fraction of sp³-hybridized carbons (Fsp3) is 0.263. The zero-order chi connectivity index (χ0) is 34.5. The molecule has 6 rings (SSSR count). The lowest BCUT2D eigenvalue weighted by molar-refractivity contribution is -0.137. The second-order valence-corrected chi connectivity index (χ2v) is 12.1. The molecule has 5 aromatic rings. The first-order valence-electron chi connectivity index (χ1n) is 16.1. The van der Waals surface area contributed by atoms with E-state index < -0.39 is 29.8 Å². The van der Waals surface area contributed by atoms with Crippen LogP contribution in [0.4, 0.5) is 23.7 Å².